The molecule has 33 heavy (non-hydrogen) atoms. The van der Waals surface area contributed by atoms with Gasteiger partial charge in [-0.15, -0.1) is 10.2 Å². The summed E-state index contributed by atoms with van der Waals surface area (Å²) in [4.78, 5) is 12.4. The third-order valence-corrected chi connectivity index (χ3v) is 6.12. The van der Waals surface area contributed by atoms with Crippen molar-refractivity contribution in [2.75, 3.05) is 12.3 Å². The zero-order valence-electron chi connectivity index (χ0n) is 18.2. The summed E-state index contributed by atoms with van der Waals surface area (Å²) in [6.45, 7) is 1.10. The number of hydrogen-bond acceptors (Lipinski definition) is 4. The number of carbonyl (C=O) groups is 1. The molecule has 0 radical (unpaired) electrons. The van der Waals surface area contributed by atoms with Crippen LogP contribution in [0, 0.1) is 5.82 Å². The number of aryl methyl sites for hydroxylation is 1. The molecule has 0 bridgehead atoms. The molecule has 168 valence electrons. The fourth-order valence-corrected chi connectivity index (χ4v) is 4.26. The number of benzene rings is 3. The van der Waals surface area contributed by atoms with Crippen molar-refractivity contribution < 1.29 is 9.18 Å². The summed E-state index contributed by atoms with van der Waals surface area (Å²) in [6, 6.07) is 26.6. The van der Waals surface area contributed by atoms with Crippen LogP contribution in [0.5, 0.6) is 0 Å². The van der Waals surface area contributed by atoms with Crippen molar-refractivity contribution in [3.63, 3.8) is 0 Å². The Morgan fingerprint density at radius 2 is 1.55 bits per heavy atom. The van der Waals surface area contributed by atoms with Crippen molar-refractivity contribution in [3.05, 3.63) is 102 Å². The van der Waals surface area contributed by atoms with Gasteiger partial charge in [0, 0.05) is 6.54 Å². The first-order valence-corrected chi connectivity index (χ1v) is 11.8. The number of rotatable bonds is 10. The number of aromatic nitrogens is 3. The van der Waals surface area contributed by atoms with E-state index in [-0.39, 0.29) is 17.5 Å². The largest absolute Gasteiger partial charge is 0.355 e. The van der Waals surface area contributed by atoms with E-state index in [2.05, 4.69) is 27.6 Å². The molecule has 0 saturated carbocycles. The summed E-state index contributed by atoms with van der Waals surface area (Å²) >= 11 is 1.31. The SMILES string of the molecule is O=C(CSc1nnc(-c2ccccc2F)n1Cc1ccccc1)NCCCc1ccccc1. The summed E-state index contributed by atoms with van der Waals surface area (Å²) in [5.74, 6) is 0.250. The van der Waals surface area contributed by atoms with Crippen LogP contribution < -0.4 is 5.32 Å². The molecule has 0 spiro atoms. The van der Waals surface area contributed by atoms with E-state index in [1.807, 2.05) is 53.1 Å². The molecule has 0 aliphatic heterocycles. The summed E-state index contributed by atoms with van der Waals surface area (Å²) in [7, 11) is 0. The van der Waals surface area contributed by atoms with Gasteiger partial charge in [0.25, 0.3) is 0 Å². The molecule has 0 fully saturated rings. The lowest BCUT2D eigenvalue weighted by Crippen LogP contribution is -2.26. The molecule has 1 N–H and O–H groups in total. The van der Waals surface area contributed by atoms with Gasteiger partial charge in [0.2, 0.25) is 5.91 Å². The molecular weight excluding hydrogens is 435 g/mol. The van der Waals surface area contributed by atoms with Crippen LogP contribution in [0.15, 0.2) is 90.1 Å². The second-order valence-electron chi connectivity index (χ2n) is 7.59. The van der Waals surface area contributed by atoms with Gasteiger partial charge in [-0.2, -0.15) is 0 Å². The van der Waals surface area contributed by atoms with Crippen LogP contribution in [0.4, 0.5) is 4.39 Å². The van der Waals surface area contributed by atoms with Gasteiger partial charge < -0.3 is 5.32 Å². The van der Waals surface area contributed by atoms with Crippen LogP contribution in [-0.4, -0.2) is 33.0 Å². The number of nitrogens with one attached hydrogen (secondary N) is 1. The third kappa shape index (κ3) is 6.29. The molecule has 0 aliphatic carbocycles. The minimum absolute atomic E-state index is 0.0604. The van der Waals surface area contributed by atoms with E-state index in [1.54, 1.807) is 18.2 Å². The minimum Gasteiger partial charge on any atom is -0.355 e. The first-order valence-electron chi connectivity index (χ1n) is 10.9. The number of carbonyl (C=O) groups excluding carboxylic acids is 1. The number of amides is 1. The zero-order chi connectivity index (χ0) is 22.9. The maximum atomic E-state index is 14.5. The Morgan fingerprint density at radius 1 is 0.879 bits per heavy atom. The summed E-state index contributed by atoms with van der Waals surface area (Å²) in [5, 5.41) is 12.1. The molecule has 1 heterocycles. The van der Waals surface area contributed by atoms with Gasteiger partial charge in [-0.05, 0) is 36.1 Å². The fraction of sp³-hybridized carbons (Fsp3) is 0.192. The highest BCUT2D eigenvalue weighted by atomic mass is 32.2. The normalized spacial score (nSPS) is 10.8. The van der Waals surface area contributed by atoms with Crippen LogP contribution in [-0.2, 0) is 17.8 Å². The lowest BCUT2D eigenvalue weighted by atomic mass is 10.1. The van der Waals surface area contributed by atoms with E-state index in [9.17, 15) is 9.18 Å². The van der Waals surface area contributed by atoms with Crippen molar-refractivity contribution in [2.45, 2.75) is 24.5 Å². The quantitative estimate of drug-likeness (QED) is 0.268. The maximum Gasteiger partial charge on any atom is 0.230 e. The predicted octanol–water partition coefficient (Wildman–Crippen LogP) is 4.97. The van der Waals surface area contributed by atoms with E-state index in [0.717, 1.165) is 18.4 Å². The highest BCUT2D eigenvalue weighted by molar-refractivity contribution is 7.99. The maximum absolute atomic E-state index is 14.5. The molecular formula is C26H25FN4OS. The number of hydrogen-bond donors (Lipinski definition) is 1. The zero-order valence-corrected chi connectivity index (χ0v) is 19.0. The van der Waals surface area contributed by atoms with Crippen molar-refractivity contribution >= 4 is 17.7 Å². The van der Waals surface area contributed by atoms with Gasteiger partial charge in [0.05, 0.1) is 17.9 Å². The molecule has 7 heteroatoms. The second-order valence-corrected chi connectivity index (χ2v) is 8.53. The molecule has 0 saturated heterocycles. The molecule has 3 aromatic carbocycles. The van der Waals surface area contributed by atoms with Crippen LogP contribution in [0.3, 0.4) is 0 Å². The average Bonchev–Trinajstić information content (AvgIpc) is 3.24. The van der Waals surface area contributed by atoms with Gasteiger partial charge in [-0.25, -0.2) is 4.39 Å². The molecule has 0 atom stereocenters. The van der Waals surface area contributed by atoms with Crippen LogP contribution in [0.25, 0.3) is 11.4 Å². The summed E-state index contributed by atoms with van der Waals surface area (Å²) in [5.41, 5.74) is 2.69. The lowest BCUT2D eigenvalue weighted by molar-refractivity contribution is -0.118. The topological polar surface area (TPSA) is 59.8 Å². The van der Waals surface area contributed by atoms with E-state index < -0.39 is 0 Å². The van der Waals surface area contributed by atoms with Crippen LogP contribution in [0.2, 0.25) is 0 Å². The van der Waals surface area contributed by atoms with Gasteiger partial charge in [-0.3, -0.25) is 9.36 Å². The van der Waals surface area contributed by atoms with Gasteiger partial charge in [0.1, 0.15) is 5.82 Å². The highest BCUT2D eigenvalue weighted by Crippen LogP contribution is 2.26. The Bertz CT molecular complexity index is 1180. The highest BCUT2D eigenvalue weighted by Gasteiger charge is 2.18. The Kier molecular flexibility index (Phi) is 7.87. The van der Waals surface area contributed by atoms with Crippen molar-refractivity contribution in [1.29, 1.82) is 0 Å². The van der Waals surface area contributed by atoms with Crippen LogP contribution in [0.1, 0.15) is 17.5 Å². The predicted molar refractivity (Wildman–Crippen MR) is 129 cm³/mol. The van der Waals surface area contributed by atoms with Crippen molar-refractivity contribution in [2.24, 2.45) is 0 Å². The number of nitrogens with zero attached hydrogens (tertiary/aromatic N) is 3. The summed E-state index contributed by atoms with van der Waals surface area (Å²) < 4.78 is 16.3. The van der Waals surface area contributed by atoms with Crippen LogP contribution >= 0.6 is 11.8 Å². The van der Waals surface area contributed by atoms with E-state index in [0.29, 0.717) is 29.6 Å². The molecule has 1 aromatic heterocycles. The van der Waals surface area contributed by atoms with Gasteiger partial charge in [-0.1, -0.05) is 84.6 Å². The Balaban J connectivity index is 1.40. The molecule has 1 amide bonds. The van der Waals surface area contributed by atoms with Crippen molar-refractivity contribution in [1.82, 2.24) is 20.1 Å². The van der Waals surface area contributed by atoms with E-state index >= 15 is 0 Å². The lowest BCUT2D eigenvalue weighted by Gasteiger charge is -2.11. The minimum atomic E-state index is -0.355. The van der Waals surface area contributed by atoms with Crippen molar-refractivity contribution in [3.8, 4) is 11.4 Å². The Hall–Kier alpha value is -3.45. The second kappa shape index (κ2) is 11.4. The standard InChI is InChI=1S/C26H25FN4OS/c27-23-16-8-7-15-22(23)25-29-30-26(31(25)18-21-12-5-2-6-13-21)33-19-24(32)28-17-9-14-20-10-3-1-4-11-20/h1-8,10-13,15-16H,9,14,17-19H2,(H,28,32). The molecule has 0 unspecified atom stereocenters. The molecule has 5 nitrogen and oxygen atoms in total. The third-order valence-electron chi connectivity index (χ3n) is 5.15. The smallest absolute Gasteiger partial charge is 0.230 e. The number of thioether (sulfide) groups is 1. The first-order chi connectivity index (χ1) is 16.2. The van der Waals surface area contributed by atoms with E-state index in [1.165, 1.54) is 23.4 Å². The first kappa shape index (κ1) is 22.7. The molecule has 4 aromatic rings. The van der Waals surface area contributed by atoms with Gasteiger partial charge >= 0.3 is 0 Å². The summed E-state index contributed by atoms with van der Waals surface area (Å²) in [6.07, 6.45) is 1.80. The molecule has 0 aliphatic rings. The Morgan fingerprint density at radius 3 is 2.27 bits per heavy atom. The Labute approximate surface area is 197 Å². The average molecular weight is 461 g/mol. The molecule has 4 rings (SSSR count). The number of halogens is 1. The van der Waals surface area contributed by atoms with Gasteiger partial charge in [0.15, 0.2) is 11.0 Å². The monoisotopic (exact) mass is 460 g/mol. The fourth-order valence-electron chi connectivity index (χ4n) is 3.49. The van der Waals surface area contributed by atoms with E-state index in [4.69, 9.17) is 0 Å².